The first-order chi connectivity index (χ1) is 4.75. The average molecular weight is 144 g/mol. The van der Waals surface area contributed by atoms with Gasteiger partial charge in [-0.15, -0.1) is 0 Å². The zero-order valence-electron chi connectivity index (χ0n) is 5.43. The third kappa shape index (κ3) is 1.10. The Morgan fingerprint density at radius 2 is 2.10 bits per heavy atom. The molecule has 54 valence electrons. The molecule has 0 aliphatic rings. The number of rotatable bonds is 1. The van der Waals surface area contributed by atoms with Crippen molar-refractivity contribution in [2.75, 3.05) is 0 Å². The fourth-order valence-corrected chi connectivity index (χ4v) is 0.628. The molecule has 0 aromatic carbocycles. The van der Waals surface area contributed by atoms with E-state index in [1.165, 1.54) is 0 Å². The van der Waals surface area contributed by atoms with Crippen molar-refractivity contribution >= 4 is 0 Å². The number of aromatic nitrogens is 2. The first kappa shape index (κ1) is 7.05. The van der Waals surface area contributed by atoms with E-state index in [0.717, 1.165) is 6.33 Å². The van der Waals surface area contributed by atoms with Crippen molar-refractivity contribution in [2.45, 2.75) is 13.3 Å². The molecule has 0 fully saturated rings. The van der Waals surface area contributed by atoms with Gasteiger partial charge in [-0.1, -0.05) is 6.92 Å². The Morgan fingerprint density at radius 1 is 1.40 bits per heavy atom. The molecule has 0 bridgehead atoms. The van der Waals surface area contributed by atoms with Crippen LogP contribution in [0.2, 0.25) is 0 Å². The van der Waals surface area contributed by atoms with E-state index in [4.69, 9.17) is 0 Å². The van der Waals surface area contributed by atoms with Crippen molar-refractivity contribution in [3.05, 3.63) is 23.8 Å². The highest BCUT2D eigenvalue weighted by molar-refractivity contribution is 5.02. The van der Waals surface area contributed by atoms with Gasteiger partial charge in [-0.05, 0) is 6.42 Å². The van der Waals surface area contributed by atoms with Crippen LogP contribution in [-0.4, -0.2) is 9.97 Å². The molecule has 0 atom stereocenters. The van der Waals surface area contributed by atoms with Crippen molar-refractivity contribution in [3.8, 4) is 0 Å². The number of hydrogen-bond donors (Lipinski definition) is 0. The van der Waals surface area contributed by atoms with Gasteiger partial charge in [0.05, 0.1) is 5.69 Å². The molecule has 0 radical (unpaired) electrons. The molecule has 10 heavy (non-hydrogen) atoms. The molecule has 2 nitrogen and oxygen atoms in total. The summed E-state index contributed by atoms with van der Waals surface area (Å²) in [5.74, 6) is -2.02. The average Bonchev–Trinajstić information content (AvgIpc) is 1.95. The van der Waals surface area contributed by atoms with Crippen LogP contribution < -0.4 is 0 Å². The van der Waals surface area contributed by atoms with Crippen LogP contribution in [-0.2, 0) is 6.42 Å². The number of aryl methyl sites for hydroxylation is 1. The molecule has 0 aliphatic carbocycles. The Balaban J connectivity index is 3.14. The summed E-state index contributed by atoms with van der Waals surface area (Å²) < 4.78 is 24.7. The van der Waals surface area contributed by atoms with Crippen molar-refractivity contribution in [1.29, 1.82) is 0 Å². The molecule has 1 rings (SSSR count). The summed E-state index contributed by atoms with van der Waals surface area (Å²) in [4.78, 5) is 6.57. The Morgan fingerprint density at radius 3 is 2.60 bits per heavy atom. The molecule has 1 aromatic rings. The topological polar surface area (TPSA) is 25.8 Å². The van der Waals surface area contributed by atoms with E-state index in [2.05, 4.69) is 9.97 Å². The summed E-state index contributed by atoms with van der Waals surface area (Å²) in [5, 5.41) is 0. The minimum atomic E-state index is -1.08. The number of hydrogen-bond acceptors (Lipinski definition) is 2. The van der Waals surface area contributed by atoms with Crippen LogP contribution in [0.1, 0.15) is 12.6 Å². The standard InChI is InChI=1S/C6H6F2N2/c1-2-4-5(7)6(8)10-3-9-4/h3H,2H2,1H3. The van der Waals surface area contributed by atoms with Gasteiger partial charge in [0.25, 0.3) is 5.95 Å². The SMILES string of the molecule is CCc1ncnc(F)c1F. The molecule has 0 unspecified atom stereocenters. The van der Waals surface area contributed by atoms with Crippen molar-refractivity contribution in [2.24, 2.45) is 0 Å². The third-order valence-electron chi connectivity index (χ3n) is 1.15. The van der Waals surface area contributed by atoms with Gasteiger partial charge in [0.15, 0.2) is 5.82 Å². The molecule has 4 heteroatoms. The lowest BCUT2D eigenvalue weighted by Gasteiger charge is -1.95. The second-order valence-electron chi connectivity index (χ2n) is 1.78. The molecular formula is C6H6F2N2. The van der Waals surface area contributed by atoms with Crippen LogP contribution in [0.4, 0.5) is 8.78 Å². The molecule has 0 amide bonds. The fourth-order valence-electron chi connectivity index (χ4n) is 0.628. The molecule has 0 saturated heterocycles. The molecular weight excluding hydrogens is 138 g/mol. The molecule has 0 saturated carbocycles. The first-order valence-corrected chi connectivity index (χ1v) is 2.90. The van der Waals surface area contributed by atoms with Gasteiger partial charge in [0.2, 0.25) is 0 Å². The van der Waals surface area contributed by atoms with E-state index in [1.54, 1.807) is 6.92 Å². The van der Waals surface area contributed by atoms with E-state index < -0.39 is 11.8 Å². The molecule has 1 heterocycles. The first-order valence-electron chi connectivity index (χ1n) is 2.90. The van der Waals surface area contributed by atoms with Crippen LogP contribution >= 0.6 is 0 Å². The summed E-state index contributed by atoms with van der Waals surface area (Å²) in [6.07, 6.45) is 1.39. The predicted octanol–water partition coefficient (Wildman–Crippen LogP) is 1.32. The predicted molar refractivity (Wildman–Crippen MR) is 31.3 cm³/mol. The summed E-state index contributed by atoms with van der Waals surface area (Å²) in [5.41, 5.74) is 0.118. The minimum absolute atomic E-state index is 0.118. The Bertz CT molecular complexity index is 237. The quantitative estimate of drug-likeness (QED) is 0.555. The summed E-state index contributed by atoms with van der Waals surface area (Å²) in [7, 11) is 0. The van der Waals surface area contributed by atoms with Gasteiger partial charge in [-0.3, -0.25) is 0 Å². The fraction of sp³-hybridized carbons (Fsp3) is 0.333. The zero-order chi connectivity index (χ0) is 7.56. The van der Waals surface area contributed by atoms with Gasteiger partial charge in [0, 0.05) is 0 Å². The van der Waals surface area contributed by atoms with Gasteiger partial charge < -0.3 is 0 Å². The maximum absolute atomic E-state index is 12.5. The lowest BCUT2D eigenvalue weighted by molar-refractivity contribution is 0.463. The number of nitrogens with zero attached hydrogens (tertiary/aromatic N) is 2. The Labute approximate surface area is 56.9 Å². The van der Waals surface area contributed by atoms with E-state index in [-0.39, 0.29) is 5.69 Å². The van der Waals surface area contributed by atoms with Crippen LogP contribution in [0, 0.1) is 11.8 Å². The monoisotopic (exact) mass is 144 g/mol. The molecule has 0 N–H and O–H groups in total. The van der Waals surface area contributed by atoms with Crippen LogP contribution in [0.15, 0.2) is 6.33 Å². The van der Waals surface area contributed by atoms with Crippen molar-refractivity contribution in [1.82, 2.24) is 9.97 Å². The zero-order valence-corrected chi connectivity index (χ0v) is 5.43. The van der Waals surface area contributed by atoms with Gasteiger partial charge in [-0.2, -0.15) is 8.78 Å². The van der Waals surface area contributed by atoms with E-state index in [1.807, 2.05) is 0 Å². The van der Waals surface area contributed by atoms with Gasteiger partial charge >= 0.3 is 0 Å². The third-order valence-corrected chi connectivity index (χ3v) is 1.15. The summed E-state index contributed by atoms with van der Waals surface area (Å²) in [6, 6.07) is 0. The highest BCUT2D eigenvalue weighted by Gasteiger charge is 2.07. The van der Waals surface area contributed by atoms with E-state index >= 15 is 0 Å². The van der Waals surface area contributed by atoms with Crippen LogP contribution in [0.25, 0.3) is 0 Å². The second-order valence-corrected chi connectivity index (χ2v) is 1.78. The highest BCUT2D eigenvalue weighted by atomic mass is 19.2. The smallest absolute Gasteiger partial charge is 0.238 e. The van der Waals surface area contributed by atoms with Crippen molar-refractivity contribution < 1.29 is 8.78 Å². The molecule has 0 aliphatic heterocycles. The maximum atomic E-state index is 12.5. The maximum Gasteiger partial charge on any atom is 0.252 e. The Kier molecular flexibility index (Phi) is 1.89. The molecule has 0 spiro atoms. The molecule has 1 aromatic heterocycles. The van der Waals surface area contributed by atoms with Crippen molar-refractivity contribution in [3.63, 3.8) is 0 Å². The van der Waals surface area contributed by atoms with E-state index in [0.29, 0.717) is 6.42 Å². The van der Waals surface area contributed by atoms with Gasteiger partial charge in [-0.25, -0.2) is 9.97 Å². The van der Waals surface area contributed by atoms with Crippen LogP contribution in [0.3, 0.4) is 0 Å². The lowest BCUT2D eigenvalue weighted by atomic mass is 10.3. The Hall–Kier alpha value is -1.06. The summed E-state index contributed by atoms with van der Waals surface area (Å²) >= 11 is 0. The largest absolute Gasteiger partial charge is 0.252 e. The second kappa shape index (κ2) is 2.68. The normalized spacial score (nSPS) is 9.90. The highest BCUT2D eigenvalue weighted by Crippen LogP contribution is 2.05. The van der Waals surface area contributed by atoms with Gasteiger partial charge in [0.1, 0.15) is 6.33 Å². The van der Waals surface area contributed by atoms with E-state index in [9.17, 15) is 8.78 Å². The summed E-state index contributed by atoms with van der Waals surface area (Å²) in [6.45, 7) is 1.70. The lowest BCUT2D eigenvalue weighted by Crippen LogP contribution is -1.98. The number of halogens is 2. The van der Waals surface area contributed by atoms with Crippen LogP contribution in [0.5, 0.6) is 0 Å². The minimum Gasteiger partial charge on any atom is -0.238 e.